The molecule has 1 N–H and O–H groups in total. The minimum absolute atomic E-state index is 0.0745. The van der Waals surface area contributed by atoms with E-state index >= 15 is 0 Å². The third kappa shape index (κ3) is 4.76. The second-order valence-corrected chi connectivity index (χ2v) is 8.54. The Morgan fingerprint density at radius 1 is 1.07 bits per heavy atom. The largest absolute Gasteiger partial charge is 0.416 e. The first-order valence-electron chi connectivity index (χ1n) is 8.84. The maximum absolute atomic E-state index is 13.1. The molecule has 1 fully saturated rings. The van der Waals surface area contributed by atoms with Crippen molar-refractivity contribution < 1.29 is 30.8 Å². The molecule has 29 heavy (non-hydrogen) atoms. The number of alkyl halides is 3. The number of carbonyl (C=O) groups excluding carboxylic acids is 1. The summed E-state index contributed by atoms with van der Waals surface area (Å²) in [5, 5.41) is 2.38. The third-order valence-corrected chi connectivity index (χ3v) is 6.56. The molecule has 1 aliphatic heterocycles. The monoisotopic (exact) mass is 430 g/mol. The predicted molar refractivity (Wildman–Crippen MR) is 98.0 cm³/mol. The molecule has 1 saturated heterocycles. The molecular formula is C19H18F4N2O3S. The molecule has 0 aromatic heterocycles. The van der Waals surface area contributed by atoms with Crippen molar-refractivity contribution in [1.29, 1.82) is 0 Å². The van der Waals surface area contributed by atoms with Gasteiger partial charge < -0.3 is 5.32 Å². The molecule has 156 valence electrons. The zero-order valence-corrected chi connectivity index (χ0v) is 15.9. The lowest BCUT2D eigenvalue weighted by Crippen LogP contribution is -2.49. The van der Waals surface area contributed by atoms with Crippen LogP contribution in [0.3, 0.4) is 0 Å². The minimum Gasteiger partial charge on any atom is -0.325 e. The molecule has 1 aliphatic rings. The molecule has 0 radical (unpaired) electrons. The Morgan fingerprint density at radius 3 is 2.41 bits per heavy atom. The number of halogens is 4. The maximum atomic E-state index is 13.1. The van der Waals surface area contributed by atoms with E-state index in [1.54, 1.807) is 0 Å². The SMILES string of the molecule is O=C(Nc1cccc(C(F)(F)F)c1)[C@@H]1CCCCN1S(=O)(=O)c1ccc(F)cc1. The van der Waals surface area contributed by atoms with E-state index in [2.05, 4.69) is 5.32 Å². The Bertz CT molecular complexity index is 991. The van der Waals surface area contributed by atoms with E-state index < -0.39 is 39.5 Å². The summed E-state index contributed by atoms with van der Waals surface area (Å²) in [7, 11) is -4.07. The number of sulfonamides is 1. The second kappa shape index (κ2) is 8.11. The molecule has 0 aliphatic carbocycles. The van der Waals surface area contributed by atoms with Crippen LogP contribution < -0.4 is 5.32 Å². The van der Waals surface area contributed by atoms with Crippen LogP contribution in [0.1, 0.15) is 24.8 Å². The van der Waals surface area contributed by atoms with E-state index in [1.807, 2.05) is 0 Å². The number of nitrogens with one attached hydrogen (secondary N) is 1. The Kier molecular flexibility index (Phi) is 5.95. The highest BCUT2D eigenvalue weighted by Crippen LogP contribution is 2.31. The number of rotatable bonds is 4. The molecule has 2 aromatic carbocycles. The van der Waals surface area contributed by atoms with Gasteiger partial charge in [-0.1, -0.05) is 12.5 Å². The van der Waals surface area contributed by atoms with E-state index in [4.69, 9.17) is 0 Å². The molecule has 1 amide bonds. The number of amides is 1. The van der Waals surface area contributed by atoms with Crippen LogP contribution in [-0.4, -0.2) is 31.2 Å². The minimum atomic E-state index is -4.57. The highest BCUT2D eigenvalue weighted by atomic mass is 32.2. The van der Waals surface area contributed by atoms with Crippen molar-refractivity contribution in [2.24, 2.45) is 0 Å². The van der Waals surface area contributed by atoms with Crippen LogP contribution in [0.25, 0.3) is 0 Å². The summed E-state index contributed by atoms with van der Waals surface area (Å²) in [6.07, 6.45) is -3.21. The van der Waals surface area contributed by atoms with Gasteiger partial charge in [0.1, 0.15) is 11.9 Å². The van der Waals surface area contributed by atoms with Crippen LogP contribution in [0, 0.1) is 5.82 Å². The lowest BCUT2D eigenvalue weighted by atomic mass is 10.0. The van der Waals surface area contributed by atoms with Crippen LogP contribution >= 0.6 is 0 Å². The Labute approximate surface area is 165 Å². The fourth-order valence-electron chi connectivity index (χ4n) is 3.20. The number of hydrogen-bond donors (Lipinski definition) is 1. The van der Waals surface area contributed by atoms with Crippen LogP contribution in [-0.2, 0) is 21.0 Å². The van der Waals surface area contributed by atoms with Crippen molar-refractivity contribution in [3.05, 3.63) is 59.9 Å². The summed E-state index contributed by atoms with van der Waals surface area (Å²) in [4.78, 5) is 12.6. The predicted octanol–water partition coefficient (Wildman–Crippen LogP) is 4.03. The van der Waals surface area contributed by atoms with Crippen LogP contribution in [0.4, 0.5) is 23.2 Å². The lowest BCUT2D eigenvalue weighted by molar-refractivity contribution is -0.137. The molecule has 5 nitrogen and oxygen atoms in total. The molecule has 0 unspecified atom stereocenters. The summed E-state index contributed by atoms with van der Waals surface area (Å²) in [6, 6.07) is 7.29. The molecular weight excluding hydrogens is 412 g/mol. The fourth-order valence-corrected chi connectivity index (χ4v) is 4.85. The van der Waals surface area contributed by atoms with Crippen LogP contribution in [0.15, 0.2) is 53.4 Å². The maximum Gasteiger partial charge on any atom is 0.416 e. The molecule has 2 aromatic rings. The van der Waals surface area contributed by atoms with Crippen molar-refractivity contribution in [3.63, 3.8) is 0 Å². The van der Waals surface area contributed by atoms with Gasteiger partial charge in [0.05, 0.1) is 10.5 Å². The zero-order chi connectivity index (χ0) is 21.2. The van der Waals surface area contributed by atoms with Gasteiger partial charge in [-0.05, 0) is 55.3 Å². The molecule has 1 atom stereocenters. The normalized spacial score (nSPS) is 18.4. The van der Waals surface area contributed by atoms with E-state index in [-0.39, 0.29) is 23.5 Å². The summed E-state index contributed by atoms with van der Waals surface area (Å²) >= 11 is 0. The van der Waals surface area contributed by atoms with Gasteiger partial charge in [-0.25, -0.2) is 12.8 Å². The average molecular weight is 430 g/mol. The standard InChI is InChI=1S/C19H18F4N2O3S/c20-14-7-9-16(10-8-14)29(27,28)25-11-2-1-6-17(25)18(26)24-15-5-3-4-13(12-15)19(21,22)23/h3-5,7-10,12,17H,1-2,6,11H2,(H,24,26)/t17-/m0/s1. The van der Waals surface area contributed by atoms with Crippen molar-refractivity contribution in [3.8, 4) is 0 Å². The third-order valence-electron chi connectivity index (χ3n) is 4.63. The van der Waals surface area contributed by atoms with Crippen LogP contribution in [0.2, 0.25) is 0 Å². The van der Waals surface area contributed by atoms with Crippen molar-refractivity contribution in [2.45, 2.75) is 36.4 Å². The first kappa shape index (κ1) is 21.3. The summed E-state index contributed by atoms with van der Waals surface area (Å²) < 4.78 is 78.6. The highest BCUT2D eigenvalue weighted by Gasteiger charge is 2.38. The number of anilines is 1. The quantitative estimate of drug-likeness (QED) is 0.745. The second-order valence-electron chi connectivity index (χ2n) is 6.65. The Hall–Kier alpha value is -2.46. The molecule has 3 rings (SSSR count). The van der Waals surface area contributed by atoms with Gasteiger partial charge in [0.25, 0.3) is 0 Å². The van der Waals surface area contributed by atoms with E-state index in [9.17, 15) is 30.8 Å². The van der Waals surface area contributed by atoms with E-state index in [0.29, 0.717) is 12.8 Å². The molecule has 0 spiro atoms. The van der Waals surface area contributed by atoms with E-state index in [1.165, 1.54) is 6.07 Å². The highest BCUT2D eigenvalue weighted by molar-refractivity contribution is 7.89. The Morgan fingerprint density at radius 2 is 1.76 bits per heavy atom. The molecule has 10 heteroatoms. The number of benzene rings is 2. The van der Waals surface area contributed by atoms with E-state index in [0.717, 1.165) is 46.8 Å². The van der Waals surface area contributed by atoms with Gasteiger partial charge in [0.15, 0.2) is 0 Å². The van der Waals surface area contributed by atoms with Crippen molar-refractivity contribution in [1.82, 2.24) is 4.31 Å². The topological polar surface area (TPSA) is 66.5 Å². The van der Waals surface area contributed by atoms with Gasteiger partial charge >= 0.3 is 6.18 Å². The average Bonchev–Trinajstić information content (AvgIpc) is 2.68. The Balaban J connectivity index is 1.84. The van der Waals surface area contributed by atoms with Crippen molar-refractivity contribution in [2.75, 3.05) is 11.9 Å². The zero-order valence-electron chi connectivity index (χ0n) is 15.1. The first-order valence-corrected chi connectivity index (χ1v) is 10.3. The summed E-state index contributed by atoms with van der Waals surface area (Å²) in [5.74, 6) is -1.31. The lowest BCUT2D eigenvalue weighted by Gasteiger charge is -2.33. The molecule has 0 saturated carbocycles. The number of piperidine rings is 1. The molecule has 1 heterocycles. The fraction of sp³-hybridized carbons (Fsp3) is 0.316. The van der Waals surface area contributed by atoms with Gasteiger partial charge in [0, 0.05) is 12.2 Å². The smallest absolute Gasteiger partial charge is 0.325 e. The van der Waals surface area contributed by atoms with Gasteiger partial charge in [0.2, 0.25) is 15.9 Å². The first-order chi connectivity index (χ1) is 13.6. The van der Waals surface area contributed by atoms with Crippen LogP contribution in [0.5, 0.6) is 0 Å². The summed E-state index contributed by atoms with van der Waals surface area (Å²) in [5.41, 5.74) is -0.996. The number of hydrogen-bond acceptors (Lipinski definition) is 3. The molecule has 0 bridgehead atoms. The van der Waals surface area contributed by atoms with Gasteiger partial charge in [-0.15, -0.1) is 0 Å². The number of carbonyl (C=O) groups is 1. The van der Waals surface area contributed by atoms with Gasteiger partial charge in [-0.2, -0.15) is 17.5 Å². The summed E-state index contributed by atoms with van der Waals surface area (Å²) in [6.45, 7) is 0.0837. The van der Waals surface area contributed by atoms with Crippen molar-refractivity contribution >= 4 is 21.6 Å². The van der Waals surface area contributed by atoms with Gasteiger partial charge in [-0.3, -0.25) is 4.79 Å². The number of nitrogens with zero attached hydrogens (tertiary/aromatic N) is 1.